The molecule has 2 N–H and O–H groups in total. The maximum atomic E-state index is 10.3. The lowest BCUT2D eigenvalue weighted by Crippen LogP contribution is -2.20. The SMILES string of the molecule is CC(C)Sc1ccc(CCNCCC(=O)O)cc1. The highest BCUT2D eigenvalue weighted by Crippen LogP contribution is 2.22. The maximum absolute atomic E-state index is 10.3. The van der Waals surface area contributed by atoms with Crippen LogP contribution in [-0.2, 0) is 11.2 Å². The second kappa shape index (κ2) is 8.16. The van der Waals surface area contributed by atoms with Crippen molar-refractivity contribution >= 4 is 17.7 Å². The summed E-state index contributed by atoms with van der Waals surface area (Å²) in [7, 11) is 0. The molecule has 18 heavy (non-hydrogen) atoms. The Kier molecular flexibility index (Phi) is 6.83. The Balaban J connectivity index is 2.24. The zero-order chi connectivity index (χ0) is 13.4. The van der Waals surface area contributed by atoms with E-state index in [0.29, 0.717) is 11.8 Å². The summed E-state index contributed by atoms with van der Waals surface area (Å²) in [6.07, 6.45) is 1.12. The molecule has 0 amide bonds. The zero-order valence-electron chi connectivity index (χ0n) is 11.0. The van der Waals surface area contributed by atoms with Crippen molar-refractivity contribution in [3.8, 4) is 0 Å². The molecule has 0 fully saturated rings. The lowest BCUT2D eigenvalue weighted by Gasteiger charge is -2.07. The van der Waals surface area contributed by atoms with Crippen LogP contribution < -0.4 is 5.32 Å². The summed E-state index contributed by atoms with van der Waals surface area (Å²) in [5.41, 5.74) is 1.28. The smallest absolute Gasteiger partial charge is 0.304 e. The van der Waals surface area contributed by atoms with Crippen molar-refractivity contribution in [1.82, 2.24) is 5.32 Å². The van der Waals surface area contributed by atoms with E-state index in [4.69, 9.17) is 5.11 Å². The van der Waals surface area contributed by atoms with E-state index in [0.717, 1.165) is 13.0 Å². The molecule has 0 spiro atoms. The molecule has 1 rings (SSSR count). The molecule has 0 aromatic heterocycles. The first kappa shape index (κ1) is 15.1. The second-order valence-corrected chi connectivity index (χ2v) is 6.10. The first-order valence-corrected chi connectivity index (χ1v) is 7.14. The average Bonchev–Trinajstić information content (AvgIpc) is 2.30. The van der Waals surface area contributed by atoms with Crippen molar-refractivity contribution in [3.05, 3.63) is 29.8 Å². The van der Waals surface area contributed by atoms with Crippen LogP contribution in [0.25, 0.3) is 0 Å². The summed E-state index contributed by atoms with van der Waals surface area (Å²) in [6, 6.07) is 8.58. The van der Waals surface area contributed by atoms with Gasteiger partial charge in [-0.15, -0.1) is 11.8 Å². The van der Waals surface area contributed by atoms with Crippen LogP contribution in [0.4, 0.5) is 0 Å². The van der Waals surface area contributed by atoms with Crippen LogP contribution in [0.3, 0.4) is 0 Å². The quantitative estimate of drug-likeness (QED) is 0.562. The summed E-state index contributed by atoms with van der Waals surface area (Å²) in [6.45, 7) is 5.73. The van der Waals surface area contributed by atoms with Crippen LogP contribution in [0.1, 0.15) is 25.8 Å². The lowest BCUT2D eigenvalue weighted by atomic mass is 10.1. The third-order valence-corrected chi connectivity index (χ3v) is 3.42. The van der Waals surface area contributed by atoms with Gasteiger partial charge < -0.3 is 10.4 Å². The van der Waals surface area contributed by atoms with Gasteiger partial charge in [0.15, 0.2) is 0 Å². The summed E-state index contributed by atoms with van der Waals surface area (Å²) < 4.78 is 0. The van der Waals surface area contributed by atoms with Gasteiger partial charge in [0.1, 0.15) is 0 Å². The highest BCUT2D eigenvalue weighted by molar-refractivity contribution is 7.99. The summed E-state index contributed by atoms with van der Waals surface area (Å²) in [4.78, 5) is 11.6. The predicted octanol–water partition coefficient (Wildman–Crippen LogP) is 2.79. The van der Waals surface area contributed by atoms with Gasteiger partial charge in [0.25, 0.3) is 0 Å². The van der Waals surface area contributed by atoms with Crippen molar-refractivity contribution in [2.45, 2.75) is 36.8 Å². The van der Waals surface area contributed by atoms with Crippen LogP contribution in [0.5, 0.6) is 0 Å². The number of hydrogen-bond acceptors (Lipinski definition) is 3. The van der Waals surface area contributed by atoms with Gasteiger partial charge in [0.05, 0.1) is 6.42 Å². The predicted molar refractivity (Wildman–Crippen MR) is 76.3 cm³/mol. The van der Waals surface area contributed by atoms with E-state index in [1.807, 2.05) is 11.8 Å². The minimum absolute atomic E-state index is 0.184. The van der Waals surface area contributed by atoms with Crippen LogP contribution >= 0.6 is 11.8 Å². The van der Waals surface area contributed by atoms with Crippen LogP contribution in [0.2, 0.25) is 0 Å². The first-order valence-electron chi connectivity index (χ1n) is 6.26. The van der Waals surface area contributed by atoms with Crippen molar-refractivity contribution < 1.29 is 9.90 Å². The fourth-order valence-corrected chi connectivity index (χ4v) is 2.40. The monoisotopic (exact) mass is 267 g/mol. The van der Waals surface area contributed by atoms with Crippen LogP contribution in [0.15, 0.2) is 29.2 Å². The van der Waals surface area contributed by atoms with E-state index in [1.165, 1.54) is 10.5 Å². The van der Waals surface area contributed by atoms with Gasteiger partial charge in [0, 0.05) is 16.7 Å². The van der Waals surface area contributed by atoms with Crippen LogP contribution in [-0.4, -0.2) is 29.4 Å². The number of carbonyl (C=O) groups is 1. The summed E-state index contributed by atoms with van der Waals surface area (Å²) in [5.74, 6) is -0.752. The topological polar surface area (TPSA) is 49.3 Å². The van der Waals surface area contributed by atoms with E-state index in [1.54, 1.807) is 0 Å². The molecule has 0 bridgehead atoms. The van der Waals surface area contributed by atoms with Crippen molar-refractivity contribution in [2.24, 2.45) is 0 Å². The minimum Gasteiger partial charge on any atom is -0.481 e. The lowest BCUT2D eigenvalue weighted by molar-refractivity contribution is -0.136. The molecule has 3 nitrogen and oxygen atoms in total. The molecular weight excluding hydrogens is 246 g/mol. The maximum Gasteiger partial charge on any atom is 0.304 e. The largest absolute Gasteiger partial charge is 0.481 e. The Labute approximate surface area is 113 Å². The Hall–Kier alpha value is -1.00. The van der Waals surface area contributed by atoms with Crippen molar-refractivity contribution in [2.75, 3.05) is 13.1 Å². The third-order valence-electron chi connectivity index (χ3n) is 2.40. The van der Waals surface area contributed by atoms with Crippen molar-refractivity contribution in [3.63, 3.8) is 0 Å². The molecule has 0 aliphatic rings. The molecule has 0 aliphatic carbocycles. The third kappa shape index (κ3) is 6.67. The standard InChI is InChI=1S/C14H21NO2S/c1-11(2)18-13-5-3-12(4-6-13)7-9-15-10-8-14(16)17/h3-6,11,15H,7-10H2,1-2H3,(H,16,17). The molecule has 0 aliphatic heterocycles. The van der Waals surface area contributed by atoms with E-state index in [2.05, 4.69) is 43.4 Å². The number of rotatable bonds is 8. The summed E-state index contributed by atoms with van der Waals surface area (Å²) in [5, 5.41) is 12.2. The van der Waals surface area contributed by atoms with Crippen LogP contribution in [0, 0.1) is 0 Å². The van der Waals surface area contributed by atoms with E-state index in [-0.39, 0.29) is 6.42 Å². The van der Waals surface area contributed by atoms with Gasteiger partial charge in [0.2, 0.25) is 0 Å². The molecule has 0 radical (unpaired) electrons. The average molecular weight is 267 g/mol. The number of hydrogen-bond donors (Lipinski definition) is 2. The molecule has 0 unspecified atom stereocenters. The van der Waals surface area contributed by atoms with Gasteiger partial charge in [-0.3, -0.25) is 4.79 Å². The molecule has 1 aromatic rings. The molecular formula is C14H21NO2S. The Morgan fingerprint density at radius 3 is 2.50 bits per heavy atom. The molecule has 0 atom stereocenters. The Morgan fingerprint density at radius 1 is 1.28 bits per heavy atom. The van der Waals surface area contributed by atoms with Gasteiger partial charge in [-0.05, 0) is 30.7 Å². The molecule has 4 heteroatoms. The molecule has 0 heterocycles. The minimum atomic E-state index is -0.752. The Morgan fingerprint density at radius 2 is 1.94 bits per heavy atom. The number of thioether (sulfide) groups is 1. The highest BCUT2D eigenvalue weighted by atomic mass is 32.2. The first-order chi connectivity index (χ1) is 8.58. The van der Waals surface area contributed by atoms with Gasteiger partial charge in [-0.1, -0.05) is 26.0 Å². The number of carboxylic acids is 1. The molecule has 0 saturated heterocycles. The molecule has 100 valence electrons. The summed E-state index contributed by atoms with van der Waals surface area (Å²) >= 11 is 1.86. The molecule has 0 saturated carbocycles. The van der Waals surface area contributed by atoms with Gasteiger partial charge >= 0.3 is 5.97 Å². The van der Waals surface area contributed by atoms with Gasteiger partial charge in [-0.25, -0.2) is 0 Å². The van der Waals surface area contributed by atoms with Crippen molar-refractivity contribution in [1.29, 1.82) is 0 Å². The highest BCUT2D eigenvalue weighted by Gasteiger charge is 1.99. The number of aliphatic carboxylic acids is 1. The number of nitrogens with one attached hydrogen (secondary N) is 1. The fourth-order valence-electron chi connectivity index (χ4n) is 1.56. The zero-order valence-corrected chi connectivity index (χ0v) is 11.8. The Bertz CT molecular complexity index is 363. The van der Waals surface area contributed by atoms with E-state index < -0.39 is 5.97 Å². The second-order valence-electron chi connectivity index (χ2n) is 4.45. The van der Waals surface area contributed by atoms with Gasteiger partial charge in [-0.2, -0.15) is 0 Å². The van der Waals surface area contributed by atoms with E-state index >= 15 is 0 Å². The fraction of sp³-hybridized carbons (Fsp3) is 0.500. The normalized spacial score (nSPS) is 10.8. The van der Waals surface area contributed by atoms with E-state index in [9.17, 15) is 4.79 Å². The number of carboxylic acid groups (broad SMARTS) is 1. The molecule has 1 aromatic carbocycles. The number of benzene rings is 1.